The number of hydrogen-bond acceptors (Lipinski definition) is 2. The quantitative estimate of drug-likeness (QED) is 0.360. The van der Waals surface area contributed by atoms with Crippen LogP contribution in [0.3, 0.4) is 0 Å². The highest BCUT2D eigenvalue weighted by molar-refractivity contribution is 4.36. The lowest BCUT2D eigenvalue weighted by Crippen LogP contribution is -2.48. The molecule has 0 aliphatic carbocycles. The van der Waals surface area contributed by atoms with Crippen molar-refractivity contribution < 1.29 is 9.59 Å². The van der Waals surface area contributed by atoms with E-state index in [4.69, 9.17) is 10.8 Å². The fourth-order valence-electron chi connectivity index (χ4n) is 0.316. The van der Waals surface area contributed by atoms with Crippen molar-refractivity contribution in [2.75, 3.05) is 27.7 Å². The molecule has 0 aromatic rings. The van der Waals surface area contributed by atoms with Crippen molar-refractivity contribution in [1.29, 1.82) is 0 Å². The molecule has 3 nitrogen and oxygen atoms in total. The van der Waals surface area contributed by atoms with E-state index in [1.807, 2.05) is 21.1 Å². The van der Waals surface area contributed by atoms with Crippen LogP contribution in [0.1, 0.15) is 0 Å². The monoisotopic (exact) mass is 119 g/mol. The number of quaternary nitrogens is 1. The summed E-state index contributed by atoms with van der Waals surface area (Å²) in [6.07, 6.45) is -0.435. The van der Waals surface area contributed by atoms with Gasteiger partial charge in [0.25, 0.3) is 0 Å². The number of aliphatic hydroxyl groups excluding tert-OH is 1. The first-order chi connectivity index (χ1) is 3.48. The van der Waals surface area contributed by atoms with Crippen LogP contribution in [0, 0.1) is 0 Å². The maximum atomic E-state index is 9.04. The molecular formula is C5H15N2O+. The standard InChI is InChI=1S/C5H15N2O/c1-7(2,3)5(8)4-6/h5,8H,4,6H2,1-3H3/q+1. The van der Waals surface area contributed by atoms with Gasteiger partial charge in [-0.2, -0.15) is 0 Å². The van der Waals surface area contributed by atoms with E-state index in [1.165, 1.54) is 0 Å². The fraction of sp³-hybridized carbons (Fsp3) is 1.00. The van der Waals surface area contributed by atoms with Gasteiger partial charge in [0.05, 0.1) is 27.7 Å². The molecule has 0 aliphatic rings. The Kier molecular flexibility index (Phi) is 2.40. The highest BCUT2D eigenvalue weighted by atomic mass is 16.3. The molecule has 8 heavy (non-hydrogen) atoms. The summed E-state index contributed by atoms with van der Waals surface area (Å²) in [7, 11) is 5.70. The molecule has 0 spiro atoms. The van der Waals surface area contributed by atoms with E-state index in [9.17, 15) is 0 Å². The van der Waals surface area contributed by atoms with Crippen molar-refractivity contribution in [3.05, 3.63) is 0 Å². The topological polar surface area (TPSA) is 46.2 Å². The first kappa shape index (κ1) is 7.88. The molecule has 0 heterocycles. The van der Waals surface area contributed by atoms with Crippen LogP contribution < -0.4 is 5.73 Å². The minimum absolute atomic E-state index is 0.323. The molecule has 0 bridgehead atoms. The third kappa shape index (κ3) is 2.26. The zero-order chi connectivity index (χ0) is 6.78. The summed E-state index contributed by atoms with van der Waals surface area (Å²) in [4.78, 5) is 0. The van der Waals surface area contributed by atoms with Gasteiger partial charge in [0.2, 0.25) is 6.23 Å². The minimum Gasteiger partial charge on any atom is -0.344 e. The number of hydrogen-bond donors (Lipinski definition) is 2. The molecule has 0 aromatic carbocycles. The van der Waals surface area contributed by atoms with Crippen molar-refractivity contribution in [3.8, 4) is 0 Å². The van der Waals surface area contributed by atoms with E-state index in [1.54, 1.807) is 0 Å². The number of aliphatic hydroxyl groups is 1. The second kappa shape index (κ2) is 2.44. The Bertz CT molecular complexity index is 67.3. The number of likely N-dealkylation sites (N-methyl/N-ethyl adjacent to an activating group) is 1. The Morgan fingerprint density at radius 1 is 1.50 bits per heavy atom. The highest BCUT2D eigenvalue weighted by Crippen LogP contribution is 1.94. The van der Waals surface area contributed by atoms with E-state index >= 15 is 0 Å². The predicted molar refractivity (Wildman–Crippen MR) is 33.1 cm³/mol. The van der Waals surface area contributed by atoms with Gasteiger partial charge in [-0.15, -0.1) is 0 Å². The first-order valence-corrected chi connectivity index (χ1v) is 2.67. The van der Waals surface area contributed by atoms with Crippen molar-refractivity contribution in [3.63, 3.8) is 0 Å². The Hall–Kier alpha value is -0.120. The van der Waals surface area contributed by atoms with Crippen LogP contribution in [0.25, 0.3) is 0 Å². The van der Waals surface area contributed by atoms with E-state index in [0.29, 0.717) is 11.0 Å². The lowest BCUT2D eigenvalue weighted by molar-refractivity contribution is -0.916. The summed E-state index contributed by atoms with van der Waals surface area (Å²) in [5.41, 5.74) is 5.19. The SMILES string of the molecule is C[N+](C)(C)C(O)CN. The van der Waals surface area contributed by atoms with Gasteiger partial charge in [-0.1, -0.05) is 0 Å². The second-order valence-corrected chi connectivity index (χ2v) is 2.83. The van der Waals surface area contributed by atoms with Gasteiger partial charge in [-0.25, -0.2) is 0 Å². The molecule has 3 N–H and O–H groups in total. The maximum absolute atomic E-state index is 9.04. The average Bonchev–Trinajstić information content (AvgIpc) is 1.62. The molecule has 0 saturated carbocycles. The Balaban J connectivity index is 3.62. The van der Waals surface area contributed by atoms with E-state index < -0.39 is 6.23 Å². The zero-order valence-corrected chi connectivity index (χ0v) is 5.76. The van der Waals surface area contributed by atoms with Crippen LogP contribution >= 0.6 is 0 Å². The van der Waals surface area contributed by atoms with E-state index in [2.05, 4.69) is 0 Å². The number of rotatable bonds is 2. The summed E-state index contributed by atoms with van der Waals surface area (Å²) in [6, 6.07) is 0. The van der Waals surface area contributed by atoms with Crippen LogP contribution in [0.4, 0.5) is 0 Å². The molecule has 0 aliphatic heterocycles. The second-order valence-electron chi connectivity index (χ2n) is 2.83. The average molecular weight is 119 g/mol. The van der Waals surface area contributed by atoms with Crippen LogP contribution in [-0.2, 0) is 0 Å². The molecule has 0 amide bonds. The molecule has 0 saturated heterocycles. The van der Waals surface area contributed by atoms with Gasteiger partial charge in [0.15, 0.2) is 0 Å². The lowest BCUT2D eigenvalue weighted by atomic mass is 10.4. The Morgan fingerprint density at radius 3 is 1.88 bits per heavy atom. The molecule has 3 heteroatoms. The van der Waals surface area contributed by atoms with Crippen molar-refractivity contribution >= 4 is 0 Å². The van der Waals surface area contributed by atoms with Gasteiger partial charge in [0.1, 0.15) is 0 Å². The number of nitrogens with two attached hydrogens (primary N) is 1. The van der Waals surface area contributed by atoms with Gasteiger partial charge >= 0.3 is 0 Å². The van der Waals surface area contributed by atoms with Crippen LogP contribution in [0.5, 0.6) is 0 Å². The summed E-state index contributed by atoms with van der Waals surface area (Å²) in [6.45, 7) is 0.323. The minimum atomic E-state index is -0.435. The highest BCUT2D eigenvalue weighted by Gasteiger charge is 2.17. The Labute approximate surface area is 50.3 Å². The maximum Gasteiger partial charge on any atom is 0.202 e. The molecule has 0 radical (unpaired) electrons. The van der Waals surface area contributed by atoms with Gasteiger partial charge in [0, 0.05) is 0 Å². The van der Waals surface area contributed by atoms with E-state index in [-0.39, 0.29) is 0 Å². The molecule has 1 atom stereocenters. The normalized spacial score (nSPS) is 16.1. The van der Waals surface area contributed by atoms with E-state index in [0.717, 1.165) is 0 Å². The molecule has 0 aromatic heterocycles. The lowest BCUT2D eigenvalue weighted by Gasteiger charge is -2.28. The summed E-state index contributed by atoms with van der Waals surface area (Å²) >= 11 is 0. The molecular weight excluding hydrogens is 104 g/mol. The summed E-state index contributed by atoms with van der Waals surface area (Å²) in [5, 5.41) is 9.04. The van der Waals surface area contributed by atoms with Crippen molar-refractivity contribution in [2.45, 2.75) is 6.23 Å². The van der Waals surface area contributed by atoms with Gasteiger partial charge < -0.3 is 15.3 Å². The smallest absolute Gasteiger partial charge is 0.202 e. The Morgan fingerprint density at radius 2 is 1.88 bits per heavy atom. The van der Waals surface area contributed by atoms with Crippen molar-refractivity contribution in [2.24, 2.45) is 5.73 Å². The third-order valence-corrected chi connectivity index (χ3v) is 1.10. The largest absolute Gasteiger partial charge is 0.344 e. The third-order valence-electron chi connectivity index (χ3n) is 1.10. The molecule has 0 fully saturated rings. The van der Waals surface area contributed by atoms with Crippen LogP contribution in [0.2, 0.25) is 0 Å². The molecule has 50 valence electrons. The number of nitrogens with zero attached hydrogens (tertiary/aromatic N) is 1. The summed E-state index contributed by atoms with van der Waals surface area (Å²) < 4.78 is 0.510. The van der Waals surface area contributed by atoms with Gasteiger partial charge in [-0.05, 0) is 0 Å². The van der Waals surface area contributed by atoms with Crippen LogP contribution in [0.15, 0.2) is 0 Å². The first-order valence-electron chi connectivity index (χ1n) is 2.67. The predicted octanol–water partition coefficient (Wildman–Crippen LogP) is -1.03. The zero-order valence-electron chi connectivity index (χ0n) is 5.76. The fourth-order valence-corrected chi connectivity index (χ4v) is 0.316. The molecule has 1 unspecified atom stereocenters. The van der Waals surface area contributed by atoms with Crippen molar-refractivity contribution in [1.82, 2.24) is 0 Å². The van der Waals surface area contributed by atoms with Gasteiger partial charge in [-0.3, -0.25) is 0 Å². The molecule has 0 rings (SSSR count). The van der Waals surface area contributed by atoms with Crippen LogP contribution in [-0.4, -0.2) is 43.5 Å². The summed E-state index contributed by atoms with van der Waals surface area (Å²) in [5.74, 6) is 0.